The largest absolute Gasteiger partial charge is 0.478 e. The molecule has 0 spiro atoms. The molecule has 22 heavy (non-hydrogen) atoms. The molecule has 0 saturated carbocycles. The number of aromatic nitrogens is 2. The first kappa shape index (κ1) is 14.2. The van der Waals surface area contributed by atoms with Crippen LogP contribution in [0.25, 0.3) is 10.9 Å². The Labute approximate surface area is 128 Å². The molecule has 3 aromatic rings. The van der Waals surface area contributed by atoms with Gasteiger partial charge in [-0.15, -0.1) is 11.3 Å². The van der Waals surface area contributed by atoms with E-state index in [-0.39, 0.29) is 34.5 Å². The van der Waals surface area contributed by atoms with Crippen molar-refractivity contribution in [3.05, 3.63) is 62.3 Å². The summed E-state index contributed by atoms with van der Waals surface area (Å²) in [5.41, 5.74) is -0.0883. The van der Waals surface area contributed by atoms with Crippen LogP contribution in [-0.4, -0.2) is 26.8 Å². The zero-order chi connectivity index (χ0) is 15.7. The molecule has 0 radical (unpaired) electrons. The summed E-state index contributed by atoms with van der Waals surface area (Å²) in [6.45, 7) is 0. The number of thiophene rings is 1. The van der Waals surface area contributed by atoms with E-state index >= 15 is 0 Å². The maximum absolute atomic E-state index is 12.1. The number of H-pyrrole nitrogens is 1. The molecule has 7 heteroatoms. The normalized spacial score (nSPS) is 10.7. The fraction of sp³-hybridized carbons (Fsp3) is 0.0667. The van der Waals surface area contributed by atoms with Gasteiger partial charge in [-0.2, -0.15) is 0 Å². The van der Waals surface area contributed by atoms with E-state index in [0.717, 1.165) is 0 Å². The molecule has 0 saturated heterocycles. The van der Waals surface area contributed by atoms with Crippen LogP contribution in [0.3, 0.4) is 0 Å². The number of hydrogen-bond acceptors (Lipinski definition) is 5. The van der Waals surface area contributed by atoms with Crippen LogP contribution in [0.5, 0.6) is 0 Å². The van der Waals surface area contributed by atoms with Gasteiger partial charge in [-0.05, 0) is 29.6 Å². The lowest BCUT2D eigenvalue weighted by Crippen LogP contribution is -2.15. The number of Topliss-reactive ketones (excluding diaryl/α,β-unsaturated/α-hetero) is 1. The molecule has 2 heterocycles. The molecule has 0 amide bonds. The monoisotopic (exact) mass is 314 g/mol. The predicted octanol–water partition coefficient (Wildman–Crippen LogP) is 2.11. The Kier molecular flexibility index (Phi) is 3.56. The molecule has 2 N–H and O–H groups in total. The molecule has 110 valence electrons. The minimum absolute atomic E-state index is 0.0387. The second-order valence-electron chi connectivity index (χ2n) is 4.63. The summed E-state index contributed by atoms with van der Waals surface area (Å²) < 4.78 is 0. The van der Waals surface area contributed by atoms with Gasteiger partial charge in [0, 0.05) is 0 Å². The number of hydrogen-bond donors (Lipinski definition) is 2. The third-order valence-corrected chi connectivity index (χ3v) is 4.04. The number of carboxylic acids is 1. The first-order valence-corrected chi connectivity index (χ1v) is 7.25. The van der Waals surface area contributed by atoms with Gasteiger partial charge in [-0.25, -0.2) is 9.78 Å². The molecule has 0 aliphatic rings. The van der Waals surface area contributed by atoms with Crippen LogP contribution in [0, 0.1) is 0 Å². The lowest BCUT2D eigenvalue weighted by molar-refractivity contribution is 0.0696. The summed E-state index contributed by atoms with van der Waals surface area (Å²) in [5.74, 6) is -1.02. The van der Waals surface area contributed by atoms with Gasteiger partial charge in [0.2, 0.25) is 0 Å². The van der Waals surface area contributed by atoms with Gasteiger partial charge >= 0.3 is 5.97 Å². The Hall–Kier alpha value is -2.80. The van der Waals surface area contributed by atoms with Gasteiger partial charge in [0.25, 0.3) is 5.56 Å². The average molecular weight is 314 g/mol. The number of aromatic amines is 1. The van der Waals surface area contributed by atoms with E-state index in [4.69, 9.17) is 5.11 Å². The zero-order valence-corrected chi connectivity index (χ0v) is 12.0. The van der Waals surface area contributed by atoms with Crippen LogP contribution >= 0.6 is 11.3 Å². The fourth-order valence-electron chi connectivity index (χ4n) is 2.08. The highest BCUT2D eigenvalue weighted by Gasteiger charge is 2.12. The topological polar surface area (TPSA) is 100 Å². The van der Waals surface area contributed by atoms with E-state index in [2.05, 4.69) is 9.97 Å². The SMILES string of the molecule is O=C(O)c1ccc2c(=O)[nH]c(CC(=O)c3cccs3)nc2c1. The van der Waals surface area contributed by atoms with Crippen molar-refractivity contribution < 1.29 is 14.7 Å². The number of nitrogens with zero attached hydrogens (tertiary/aromatic N) is 1. The molecule has 0 atom stereocenters. The van der Waals surface area contributed by atoms with E-state index in [1.165, 1.54) is 29.5 Å². The van der Waals surface area contributed by atoms with Crippen molar-refractivity contribution >= 4 is 34.0 Å². The van der Waals surface area contributed by atoms with Crippen molar-refractivity contribution in [2.24, 2.45) is 0 Å². The summed E-state index contributed by atoms with van der Waals surface area (Å²) in [6, 6.07) is 7.56. The van der Waals surface area contributed by atoms with E-state index in [9.17, 15) is 14.4 Å². The molecule has 0 aliphatic carbocycles. The van der Waals surface area contributed by atoms with Crippen molar-refractivity contribution in [3.8, 4) is 0 Å². The van der Waals surface area contributed by atoms with Crippen LogP contribution in [0.4, 0.5) is 0 Å². The van der Waals surface area contributed by atoms with Gasteiger partial charge in [-0.1, -0.05) is 6.07 Å². The standard InChI is InChI=1S/C15H10N2O4S/c18-11(12-2-1-5-22-12)7-13-16-10-6-8(15(20)21)3-4-9(10)14(19)17-13/h1-6H,7H2,(H,20,21)(H,16,17,19). The maximum atomic E-state index is 12.1. The molecular weight excluding hydrogens is 304 g/mol. The third-order valence-electron chi connectivity index (χ3n) is 3.13. The highest BCUT2D eigenvalue weighted by Crippen LogP contribution is 2.14. The van der Waals surface area contributed by atoms with Crippen LogP contribution < -0.4 is 5.56 Å². The van der Waals surface area contributed by atoms with Crippen LogP contribution in [0.15, 0.2) is 40.5 Å². The van der Waals surface area contributed by atoms with Gasteiger partial charge in [-0.3, -0.25) is 9.59 Å². The Morgan fingerprint density at radius 1 is 1.27 bits per heavy atom. The minimum atomic E-state index is -1.10. The number of benzene rings is 1. The summed E-state index contributed by atoms with van der Waals surface area (Å²) in [7, 11) is 0. The van der Waals surface area contributed by atoms with Crippen LogP contribution in [0.1, 0.15) is 25.9 Å². The third kappa shape index (κ3) is 2.66. The van der Waals surface area contributed by atoms with E-state index in [1.54, 1.807) is 17.5 Å². The lowest BCUT2D eigenvalue weighted by atomic mass is 10.1. The Morgan fingerprint density at radius 2 is 2.09 bits per heavy atom. The number of aromatic carboxylic acids is 1. The van der Waals surface area contributed by atoms with Crippen molar-refractivity contribution in [2.75, 3.05) is 0 Å². The molecule has 0 aliphatic heterocycles. The van der Waals surface area contributed by atoms with Crippen molar-refractivity contribution in [1.82, 2.24) is 9.97 Å². The van der Waals surface area contributed by atoms with Crippen molar-refractivity contribution in [3.63, 3.8) is 0 Å². The predicted molar refractivity (Wildman–Crippen MR) is 81.7 cm³/mol. The number of nitrogens with one attached hydrogen (secondary N) is 1. The molecule has 3 rings (SSSR count). The highest BCUT2D eigenvalue weighted by atomic mass is 32.1. The zero-order valence-electron chi connectivity index (χ0n) is 11.2. The number of carbonyl (C=O) groups is 2. The van der Waals surface area contributed by atoms with Crippen molar-refractivity contribution in [1.29, 1.82) is 0 Å². The Bertz CT molecular complexity index is 928. The van der Waals surface area contributed by atoms with E-state index < -0.39 is 11.5 Å². The average Bonchev–Trinajstić information content (AvgIpc) is 3.00. The molecule has 0 fully saturated rings. The highest BCUT2D eigenvalue weighted by molar-refractivity contribution is 7.12. The number of rotatable bonds is 4. The molecule has 6 nitrogen and oxygen atoms in total. The molecule has 0 bridgehead atoms. The number of ketones is 1. The van der Waals surface area contributed by atoms with Gasteiger partial charge in [0.05, 0.1) is 27.8 Å². The quantitative estimate of drug-likeness (QED) is 0.718. The number of carbonyl (C=O) groups excluding carboxylic acids is 1. The fourth-order valence-corrected chi connectivity index (χ4v) is 2.75. The first-order valence-electron chi connectivity index (χ1n) is 6.37. The Balaban J connectivity index is 2.02. The van der Waals surface area contributed by atoms with Gasteiger partial charge in [0.15, 0.2) is 5.78 Å². The summed E-state index contributed by atoms with van der Waals surface area (Å²) in [6.07, 6.45) is -0.0387. The number of fused-ring (bicyclic) bond motifs is 1. The van der Waals surface area contributed by atoms with E-state index in [0.29, 0.717) is 4.88 Å². The minimum Gasteiger partial charge on any atom is -0.478 e. The summed E-state index contributed by atoms with van der Waals surface area (Å²) in [5, 5.41) is 11.1. The first-order chi connectivity index (χ1) is 10.5. The van der Waals surface area contributed by atoms with Gasteiger partial charge in [0.1, 0.15) is 5.82 Å². The molecule has 2 aromatic heterocycles. The van der Waals surface area contributed by atoms with Crippen molar-refractivity contribution in [2.45, 2.75) is 6.42 Å². The van der Waals surface area contributed by atoms with E-state index in [1.807, 2.05) is 0 Å². The number of carboxylic acid groups (broad SMARTS) is 1. The lowest BCUT2D eigenvalue weighted by Gasteiger charge is -2.03. The second-order valence-corrected chi connectivity index (χ2v) is 5.57. The Morgan fingerprint density at radius 3 is 2.77 bits per heavy atom. The van der Waals surface area contributed by atoms with Gasteiger partial charge < -0.3 is 10.1 Å². The summed E-state index contributed by atoms with van der Waals surface area (Å²) in [4.78, 5) is 42.4. The summed E-state index contributed by atoms with van der Waals surface area (Å²) >= 11 is 1.32. The molecule has 0 unspecified atom stereocenters. The molecule has 1 aromatic carbocycles. The maximum Gasteiger partial charge on any atom is 0.335 e. The second kappa shape index (κ2) is 5.53. The molecular formula is C15H10N2O4S. The smallest absolute Gasteiger partial charge is 0.335 e. The van der Waals surface area contributed by atoms with Crippen LogP contribution in [0.2, 0.25) is 0 Å². The van der Waals surface area contributed by atoms with Crippen LogP contribution in [-0.2, 0) is 6.42 Å².